The van der Waals surface area contributed by atoms with Gasteiger partial charge in [0.2, 0.25) is 5.91 Å². The molecule has 0 radical (unpaired) electrons. The Hall–Kier alpha value is -2.40. The van der Waals surface area contributed by atoms with Crippen LogP contribution in [0.25, 0.3) is 0 Å². The molecule has 0 saturated heterocycles. The van der Waals surface area contributed by atoms with E-state index in [1.165, 1.54) is 22.8 Å². The summed E-state index contributed by atoms with van der Waals surface area (Å²) in [6, 6.07) is 10.5. The second-order valence-electron chi connectivity index (χ2n) is 6.54. The van der Waals surface area contributed by atoms with E-state index >= 15 is 0 Å². The molecule has 5 heteroatoms. The Kier molecular flexibility index (Phi) is 7.16. The zero-order chi connectivity index (χ0) is 19.1. The van der Waals surface area contributed by atoms with Crippen LogP contribution in [0.4, 0.5) is 4.39 Å². The minimum Gasteiger partial charge on any atom is -0.489 e. The smallest absolute Gasteiger partial charge is 0.234 e. The molecule has 26 heavy (non-hydrogen) atoms. The Morgan fingerprint density at radius 1 is 1.12 bits per heavy atom. The van der Waals surface area contributed by atoms with Crippen LogP contribution in [0.5, 0.6) is 5.75 Å². The lowest BCUT2D eigenvalue weighted by molar-refractivity contribution is -0.120. The van der Waals surface area contributed by atoms with Crippen molar-refractivity contribution in [3.63, 3.8) is 0 Å². The molecule has 0 saturated carbocycles. The third-order valence-corrected chi connectivity index (χ3v) is 4.38. The van der Waals surface area contributed by atoms with Crippen molar-refractivity contribution in [3.05, 3.63) is 64.5 Å². The van der Waals surface area contributed by atoms with Crippen molar-refractivity contribution >= 4 is 5.91 Å². The van der Waals surface area contributed by atoms with Gasteiger partial charge in [-0.25, -0.2) is 4.39 Å². The fourth-order valence-electron chi connectivity index (χ4n) is 2.82. The topological polar surface area (TPSA) is 50.4 Å². The molecule has 0 aromatic heterocycles. The number of hydrogen-bond acceptors (Lipinski definition) is 3. The zero-order valence-corrected chi connectivity index (χ0v) is 15.9. The summed E-state index contributed by atoms with van der Waals surface area (Å²) in [4.78, 5) is 12.1. The summed E-state index contributed by atoms with van der Waals surface area (Å²) in [5, 5.41) is 6.01. The molecule has 2 rings (SSSR count). The molecule has 0 fully saturated rings. The highest BCUT2D eigenvalue weighted by atomic mass is 19.1. The van der Waals surface area contributed by atoms with E-state index < -0.39 is 0 Å². The molecule has 0 aliphatic heterocycles. The lowest BCUT2D eigenvalue weighted by Gasteiger charge is -2.18. The maximum absolute atomic E-state index is 13.4. The van der Waals surface area contributed by atoms with Gasteiger partial charge in [0.25, 0.3) is 0 Å². The summed E-state index contributed by atoms with van der Waals surface area (Å²) >= 11 is 0. The molecule has 0 unspecified atom stereocenters. The maximum atomic E-state index is 13.4. The molecule has 0 aliphatic carbocycles. The highest BCUT2D eigenvalue weighted by Crippen LogP contribution is 2.21. The number of hydrogen-bond donors (Lipinski definition) is 2. The third kappa shape index (κ3) is 5.56. The van der Waals surface area contributed by atoms with Gasteiger partial charge in [-0.2, -0.15) is 0 Å². The molecular formula is C21H27FN2O2. The fraction of sp³-hybridized carbons (Fsp3) is 0.381. The highest BCUT2D eigenvalue weighted by molar-refractivity contribution is 5.78. The Morgan fingerprint density at radius 3 is 2.54 bits per heavy atom. The zero-order valence-electron chi connectivity index (χ0n) is 15.9. The quantitative estimate of drug-likeness (QED) is 0.709. The second kappa shape index (κ2) is 9.34. The van der Waals surface area contributed by atoms with E-state index in [2.05, 4.69) is 43.5 Å². The summed E-state index contributed by atoms with van der Waals surface area (Å²) in [7, 11) is 0. The van der Waals surface area contributed by atoms with Gasteiger partial charge in [0, 0.05) is 6.54 Å². The molecule has 1 atom stereocenters. The Labute approximate surface area is 154 Å². The van der Waals surface area contributed by atoms with Gasteiger partial charge in [0.1, 0.15) is 6.61 Å². The number of para-hydroxylation sites is 1. The Balaban J connectivity index is 1.73. The molecular weight excluding hydrogens is 331 g/mol. The lowest BCUT2D eigenvalue weighted by atomic mass is 9.96. The van der Waals surface area contributed by atoms with Crippen molar-refractivity contribution in [3.8, 4) is 5.75 Å². The first-order valence-electron chi connectivity index (χ1n) is 8.83. The third-order valence-electron chi connectivity index (χ3n) is 4.38. The van der Waals surface area contributed by atoms with Gasteiger partial charge >= 0.3 is 0 Å². The van der Waals surface area contributed by atoms with Crippen LogP contribution in [-0.4, -0.2) is 25.6 Å². The molecule has 2 aromatic rings. The van der Waals surface area contributed by atoms with Crippen LogP contribution >= 0.6 is 0 Å². The Morgan fingerprint density at radius 2 is 1.81 bits per heavy atom. The van der Waals surface area contributed by atoms with Crippen molar-refractivity contribution in [1.29, 1.82) is 0 Å². The van der Waals surface area contributed by atoms with E-state index in [1.807, 2.05) is 6.92 Å². The summed E-state index contributed by atoms with van der Waals surface area (Å²) in [5.41, 5.74) is 4.77. The minimum absolute atomic E-state index is 0.0572. The number of ether oxygens (including phenoxy) is 1. The molecule has 0 spiro atoms. The SMILES string of the molecule is Cc1cc(C)c([C@@H](C)NC(=O)CNCCOc2ccccc2F)cc1C. The highest BCUT2D eigenvalue weighted by Gasteiger charge is 2.12. The molecule has 4 nitrogen and oxygen atoms in total. The predicted octanol–water partition coefficient (Wildman–Crippen LogP) is 3.60. The second-order valence-corrected chi connectivity index (χ2v) is 6.54. The average molecular weight is 358 g/mol. The average Bonchev–Trinajstić information content (AvgIpc) is 2.59. The van der Waals surface area contributed by atoms with E-state index in [-0.39, 0.29) is 30.1 Å². The fourth-order valence-corrected chi connectivity index (χ4v) is 2.82. The molecule has 0 bridgehead atoms. The maximum Gasteiger partial charge on any atom is 0.234 e. The molecule has 2 aromatic carbocycles. The van der Waals surface area contributed by atoms with Crippen LogP contribution in [0.3, 0.4) is 0 Å². The normalized spacial score (nSPS) is 11.9. The van der Waals surface area contributed by atoms with E-state index in [4.69, 9.17) is 4.74 Å². The lowest BCUT2D eigenvalue weighted by Crippen LogP contribution is -2.37. The van der Waals surface area contributed by atoms with Crippen LogP contribution < -0.4 is 15.4 Å². The summed E-state index contributed by atoms with van der Waals surface area (Å²) < 4.78 is 18.7. The largest absolute Gasteiger partial charge is 0.489 e. The van der Waals surface area contributed by atoms with Gasteiger partial charge in [0.15, 0.2) is 11.6 Å². The number of carbonyl (C=O) groups excluding carboxylic acids is 1. The summed E-state index contributed by atoms with van der Waals surface area (Å²) in [5.74, 6) is -0.249. The minimum atomic E-state index is -0.386. The standard InChI is InChI=1S/C21H27FN2O2/c1-14-11-16(3)18(12-15(14)2)17(4)24-21(25)13-23-9-10-26-20-8-6-5-7-19(20)22/h5-8,11-12,17,23H,9-10,13H2,1-4H3,(H,24,25)/t17-/m1/s1. The molecule has 0 aliphatic rings. The monoisotopic (exact) mass is 358 g/mol. The first-order valence-corrected chi connectivity index (χ1v) is 8.83. The number of nitrogens with one attached hydrogen (secondary N) is 2. The molecule has 0 heterocycles. The van der Waals surface area contributed by atoms with Crippen molar-refractivity contribution < 1.29 is 13.9 Å². The predicted molar refractivity (Wildman–Crippen MR) is 102 cm³/mol. The number of carbonyl (C=O) groups is 1. The van der Waals surface area contributed by atoms with Crippen molar-refractivity contribution in [2.75, 3.05) is 19.7 Å². The van der Waals surface area contributed by atoms with E-state index in [1.54, 1.807) is 18.2 Å². The van der Waals surface area contributed by atoms with Gasteiger partial charge in [-0.05, 0) is 62.1 Å². The summed E-state index contributed by atoms with van der Waals surface area (Å²) in [6.07, 6.45) is 0. The van der Waals surface area contributed by atoms with E-state index in [0.29, 0.717) is 13.2 Å². The van der Waals surface area contributed by atoms with Crippen molar-refractivity contribution in [2.24, 2.45) is 0 Å². The first kappa shape index (κ1) is 19.9. The van der Waals surface area contributed by atoms with Crippen LogP contribution in [0.2, 0.25) is 0 Å². The van der Waals surface area contributed by atoms with Crippen molar-refractivity contribution in [1.82, 2.24) is 10.6 Å². The van der Waals surface area contributed by atoms with Crippen LogP contribution in [0.15, 0.2) is 36.4 Å². The van der Waals surface area contributed by atoms with E-state index in [9.17, 15) is 9.18 Å². The number of amides is 1. The van der Waals surface area contributed by atoms with E-state index in [0.717, 1.165) is 5.56 Å². The Bertz CT molecular complexity index is 762. The number of halogens is 1. The van der Waals surface area contributed by atoms with Crippen LogP contribution in [0.1, 0.15) is 35.2 Å². The van der Waals surface area contributed by atoms with Gasteiger partial charge in [-0.1, -0.05) is 24.3 Å². The molecule has 2 N–H and O–H groups in total. The van der Waals surface area contributed by atoms with Gasteiger partial charge in [-0.3, -0.25) is 4.79 Å². The van der Waals surface area contributed by atoms with Gasteiger partial charge in [0.05, 0.1) is 12.6 Å². The van der Waals surface area contributed by atoms with Gasteiger partial charge < -0.3 is 15.4 Å². The van der Waals surface area contributed by atoms with Crippen LogP contribution in [-0.2, 0) is 4.79 Å². The number of benzene rings is 2. The van der Waals surface area contributed by atoms with Crippen molar-refractivity contribution in [2.45, 2.75) is 33.7 Å². The van der Waals surface area contributed by atoms with Crippen LogP contribution in [0, 0.1) is 26.6 Å². The first-order chi connectivity index (χ1) is 12.4. The van der Waals surface area contributed by atoms with Gasteiger partial charge in [-0.15, -0.1) is 0 Å². The summed E-state index contributed by atoms with van der Waals surface area (Å²) in [6.45, 7) is 9.14. The number of rotatable bonds is 8. The molecule has 140 valence electrons. The molecule has 1 amide bonds. The number of aryl methyl sites for hydroxylation is 3.